The smallest absolute Gasteiger partial charge is 0.352 e. The molecule has 4 heterocycles. The van der Waals surface area contributed by atoms with Crippen molar-refractivity contribution in [3.63, 3.8) is 0 Å². The van der Waals surface area contributed by atoms with Crippen molar-refractivity contribution in [1.82, 2.24) is 35.8 Å². The summed E-state index contributed by atoms with van der Waals surface area (Å²) in [6.45, 7) is 0. The monoisotopic (exact) mass is 591 g/mol. The predicted molar refractivity (Wildman–Crippen MR) is 141 cm³/mol. The Hall–Kier alpha value is -3.77. The molecule has 0 aromatic carbocycles. The van der Waals surface area contributed by atoms with Gasteiger partial charge in [-0.2, -0.15) is 5.21 Å². The first-order valence-corrected chi connectivity index (χ1v) is 14.5. The first kappa shape index (κ1) is 26.8. The van der Waals surface area contributed by atoms with Crippen LogP contribution in [0.1, 0.15) is 25.0 Å². The van der Waals surface area contributed by atoms with Gasteiger partial charge in [-0.05, 0) is 36.1 Å². The average Bonchev–Trinajstić information content (AvgIpc) is 3.63. The lowest BCUT2D eigenvalue weighted by Crippen LogP contribution is -2.71. The Balaban J connectivity index is 1.32. The lowest BCUT2D eigenvalue weighted by Gasteiger charge is -2.49. The Morgan fingerprint density at radius 1 is 1.41 bits per heavy atom. The normalized spacial score (nSPS) is 22.7. The van der Waals surface area contributed by atoms with Gasteiger partial charge in [0.05, 0.1) is 0 Å². The number of nitrogens with one attached hydrogen (secondary N) is 3. The number of amides is 3. The second kappa shape index (κ2) is 12.0. The zero-order chi connectivity index (χ0) is 27.4. The Labute approximate surface area is 232 Å². The Morgan fingerprint density at radius 2 is 2.28 bits per heavy atom. The molecule has 0 bridgehead atoms. The van der Waals surface area contributed by atoms with Crippen molar-refractivity contribution in [2.24, 2.45) is 5.16 Å². The number of β-lactam (4-membered cyclic amide) rings is 1. The van der Waals surface area contributed by atoms with Crippen molar-refractivity contribution in [2.45, 2.75) is 41.9 Å². The van der Waals surface area contributed by atoms with Gasteiger partial charge in [-0.1, -0.05) is 23.0 Å². The minimum Gasteiger partial charge on any atom is -0.477 e. The van der Waals surface area contributed by atoms with Crippen LogP contribution in [0.5, 0.6) is 0 Å². The highest BCUT2D eigenvalue weighted by Gasteiger charge is 2.54. The zero-order valence-electron chi connectivity index (χ0n) is 20.0. The van der Waals surface area contributed by atoms with E-state index in [1.807, 2.05) is 12.2 Å². The number of fused-ring (bicyclic) bond motifs is 1. The fourth-order valence-electron chi connectivity index (χ4n) is 4.06. The molecular weight excluding hydrogens is 570 g/mol. The van der Waals surface area contributed by atoms with E-state index in [1.54, 1.807) is 0 Å². The highest BCUT2D eigenvalue weighted by atomic mass is 32.2. The third-order valence-electron chi connectivity index (χ3n) is 5.87. The number of thioether (sulfide) groups is 2. The van der Waals surface area contributed by atoms with Crippen LogP contribution >= 0.6 is 34.9 Å². The summed E-state index contributed by atoms with van der Waals surface area (Å²) in [4.78, 5) is 60.3. The summed E-state index contributed by atoms with van der Waals surface area (Å²) in [5, 5.41) is 34.0. The van der Waals surface area contributed by atoms with Gasteiger partial charge in [0, 0.05) is 16.9 Å². The highest BCUT2D eigenvalue weighted by molar-refractivity contribution is 8.01. The van der Waals surface area contributed by atoms with E-state index >= 15 is 0 Å². The van der Waals surface area contributed by atoms with Gasteiger partial charge >= 0.3 is 5.97 Å². The van der Waals surface area contributed by atoms with Gasteiger partial charge in [0.25, 0.3) is 11.8 Å². The molecule has 1 aliphatic carbocycles. The molecule has 18 heteroatoms. The number of aromatic nitrogens is 5. The Morgan fingerprint density at radius 3 is 3.00 bits per heavy atom. The van der Waals surface area contributed by atoms with Gasteiger partial charge in [0.1, 0.15) is 28.9 Å². The van der Waals surface area contributed by atoms with E-state index in [9.17, 15) is 24.3 Å². The van der Waals surface area contributed by atoms with E-state index in [-0.39, 0.29) is 34.1 Å². The van der Waals surface area contributed by atoms with Crippen LogP contribution in [-0.2, 0) is 24.0 Å². The number of oxime groups is 1. The van der Waals surface area contributed by atoms with Crippen molar-refractivity contribution in [3.05, 3.63) is 34.5 Å². The van der Waals surface area contributed by atoms with Crippen LogP contribution in [0, 0.1) is 0 Å². The first-order chi connectivity index (χ1) is 19.0. The van der Waals surface area contributed by atoms with Crippen molar-refractivity contribution in [1.29, 1.82) is 0 Å². The van der Waals surface area contributed by atoms with E-state index in [0.717, 1.165) is 30.6 Å². The molecular formula is C21H21N9O6S3. The number of H-pyrrole nitrogens is 1. The summed E-state index contributed by atoms with van der Waals surface area (Å²) in [6, 6.07) is -0.978. The maximum absolute atomic E-state index is 13.3. The second-order valence-electron chi connectivity index (χ2n) is 8.34. The molecule has 0 spiro atoms. The summed E-state index contributed by atoms with van der Waals surface area (Å²) >= 11 is 3.62. The largest absolute Gasteiger partial charge is 0.477 e. The fourth-order valence-corrected chi connectivity index (χ4v) is 6.94. The number of carboxylic acid groups (broad SMARTS) is 1. The number of aliphatic carboxylic acids is 1. The summed E-state index contributed by atoms with van der Waals surface area (Å²) in [7, 11) is 0. The van der Waals surface area contributed by atoms with Crippen LogP contribution < -0.4 is 10.6 Å². The molecule has 2 aromatic heterocycles. The molecule has 1 fully saturated rings. The maximum atomic E-state index is 13.3. The van der Waals surface area contributed by atoms with E-state index in [0.29, 0.717) is 22.9 Å². The minimum atomic E-state index is -1.24. The van der Waals surface area contributed by atoms with Gasteiger partial charge in [-0.15, -0.1) is 33.3 Å². The van der Waals surface area contributed by atoms with E-state index < -0.39 is 29.2 Å². The number of anilines is 1. The number of hydrogen-bond donors (Lipinski definition) is 4. The summed E-state index contributed by atoms with van der Waals surface area (Å²) < 4.78 is 0. The van der Waals surface area contributed by atoms with Crippen molar-refractivity contribution < 1.29 is 29.1 Å². The Kier molecular flexibility index (Phi) is 8.22. The molecule has 5 rings (SSSR count). The highest BCUT2D eigenvalue weighted by Crippen LogP contribution is 2.41. The number of carbonyl (C=O) groups excluding carboxylic acids is 3. The molecule has 2 aliphatic heterocycles. The minimum absolute atomic E-state index is 0.115. The third-order valence-corrected chi connectivity index (χ3v) is 8.91. The number of tetrazole rings is 1. The fraction of sp³-hybridized carbons (Fsp3) is 0.381. The zero-order valence-corrected chi connectivity index (χ0v) is 22.4. The second-order valence-corrected chi connectivity index (χ2v) is 11.2. The van der Waals surface area contributed by atoms with Crippen LogP contribution in [0.15, 0.2) is 39.1 Å². The third kappa shape index (κ3) is 5.81. The number of carboxylic acids is 1. The Bertz CT molecular complexity index is 1360. The number of allylic oxidation sites excluding steroid dienone is 1. The molecule has 0 saturated carbocycles. The summed E-state index contributed by atoms with van der Waals surface area (Å²) in [6.07, 6.45) is 6.58. The molecule has 2 unspecified atom stereocenters. The number of thiazole rings is 1. The van der Waals surface area contributed by atoms with Crippen LogP contribution in [0.4, 0.5) is 5.13 Å². The molecule has 0 radical (unpaired) electrons. The van der Waals surface area contributed by atoms with Gasteiger partial charge in [-0.25, -0.2) is 9.78 Å². The molecule has 4 N–H and O–H groups in total. The van der Waals surface area contributed by atoms with E-state index in [1.165, 1.54) is 33.8 Å². The topological polar surface area (TPSA) is 205 Å². The van der Waals surface area contributed by atoms with Crippen LogP contribution in [0.2, 0.25) is 0 Å². The number of nitrogens with zero attached hydrogens (tertiary/aromatic N) is 6. The van der Waals surface area contributed by atoms with E-state index in [4.69, 9.17) is 4.84 Å². The van der Waals surface area contributed by atoms with Crippen LogP contribution in [-0.4, -0.2) is 94.5 Å². The standard InChI is InChI=1S/C21H21N9O6S3/c31-9-22-20-23-12(8-39-20)13(27-36-11-4-2-1-3-5-11)16(32)24-14-17(33)30-15(19(34)35)10(6-37-18(14)30)7-38-21-25-28-29-26-21/h2,4,8-9,11,14,18H,1,3,5-7H2,(H,24,32)(H,34,35)(H,22,23,31)(H,25,26,28,29)/t11?,14?,18-/m1/s1. The molecule has 39 heavy (non-hydrogen) atoms. The van der Waals surface area contributed by atoms with Crippen molar-refractivity contribution in [3.8, 4) is 0 Å². The van der Waals surface area contributed by atoms with E-state index in [2.05, 4.69) is 41.4 Å². The van der Waals surface area contributed by atoms with Crippen LogP contribution in [0.3, 0.4) is 0 Å². The predicted octanol–water partition coefficient (Wildman–Crippen LogP) is 0.585. The van der Waals surface area contributed by atoms with Crippen molar-refractivity contribution >= 4 is 69.9 Å². The molecule has 2 aromatic rings. The number of aromatic amines is 1. The quantitative estimate of drug-likeness (QED) is 0.0707. The summed E-state index contributed by atoms with van der Waals surface area (Å²) in [5.74, 6) is -1.92. The number of hydrogen-bond acceptors (Lipinski definition) is 13. The lowest BCUT2D eigenvalue weighted by atomic mass is 10.0. The molecule has 15 nitrogen and oxygen atoms in total. The number of rotatable bonds is 11. The molecule has 3 aliphatic rings. The lowest BCUT2D eigenvalue weighted by molar-refractivity contribution is -0.150. The molecule has 3 atom stereocenters. The van der Waals surface area contributed by atoms with Gasteiger partial charge in [-0.3, -0.25) is 19.3 Å². The molecule has 1 saturated heterocycles. The van der Waals surface area contributed by atoms with Crippen LogP contribution in [0.25, 0.3) is 0 Å². The van der Waals surface area contributed by atoms with Gasteiger partial charge in [0.2, 0.25) is 11.6 Å². The van der Waals surface area contributed by atoms with Gasteiger partial charge < -0.3 is 20.6 Å². The molecule has 204 valence electrons. The van der Waals surface area contributed by atoms with Gasteiger partial charge in [0.15, 0.2) is 10.8 Å². The molecule has 3 amide bonds. The average molecular weight is 592 g/mol. The summed E-state index contributed by atoms with van der Waals surface area (Å²) in [5.41, 5.74) is 0.414. The van der Waals surface area contributed by atoms with Crippen molar-refractivity contribution in [2.75, 3.05) is 16.8 Å². The maximum Gasteiger partial charge on any atom is 0.352 e. The number of carbonyl (C=O) groups is 4. The SMILES string of the molecule is O=CNc1nc(C(=NOC2C=CCCC2)C(=O)NC2C(=O)N3C(C(=O)O)=C(CSc4nn[nH]n4)CS[C@H]23)cs1. The first-order valence-electron chi connectivity index (χ1n) is 11.6.